The lowest BCUT2D eigenvalue weighted by Gasteiger charge is -2.36. The van der Waals surface area contributed by atoms with Crippen molar-refractivity contribution in [2.24, 2.45) is 0 Å². The van der Waals surface area contributed by atoms with Crippen molar-refractivity contribution in [2.45, 2.75) is 12.5 Å². The molecule has 1 aliphatic heterocycles. The molecule has 1 atom stereocenters. The Morgan fingerprint density at radius 1 is 1.19 bits per heavy atom. The van der Waals surface area contributed by atoms with Gasteiger partial charge in [0.2, 0.25) is 0 Å². The van der Waals surface area contributed by atoms with Crippen molar-refractivity contribution in [1.82, 2.24) is 15.2 Å². The molecule has 3 aromatic rings. The molecule has 0 saturated carbocycles. The number of nitrogens with one attached hydrogen (secondary N) is 3. The molecule has 3 N–H and O–H groups in total. The van der Waals surface area contributed by atoms with Crippen molar-refractivity contribution in [2.75, 3.05) is 47.1 Å². The van der Waals surface area contributed by atoms with Crippen LogP contribution in [-0.2, 0) is 15.9 Å². The third-order valence-electron chi connectivity index (χ3n) is 5.73. The number of benzene rings is 2. The highest BCUT2D eigenvalue weighted by Gasteiger charge is 2.33. The topological polar surface area (TPSA) is 82.6 Å². The number of rotatable bonds is 8. The van der Waals surface area contributed by atoms with E-state index in [1.165, 1.54) is 12.7 Å². The number of H-pyrrole nitrogens is 1. The van der Waals surface area contributed by atoms with E-state index in [1.54, 1.807) is 0 Å². The molecular formula is C24H29ClN4O3. The molecule has 32 heavy (non-hydrogen) atoms. The van der Waals surface area contributed by atoms with E-state index in [0.29, 0.717) is 26.4 Å². The summed E-state index contributed by atoms with van der Waals surface area (Å²) in [5.74, 6) is 0.791. The van der Waals surface area contributed by atoms with E-state index in [9.17, 15) is 0 Å². The van der Waals surface area contributed by atoms with Gasteiger partial charge in [-0.3, -0.25) is 5.41 Å². The molecule has 0 fully saturated rings. The van der Waals surface area contributed by atoms with Gasteiger partial charge in [-0.05, 0) is 54.9 Å². The fourth-order valence-corrected chi connectivity index (χ4v) is 4.36. The van der Waals surface area contributed by atoms with Gasteiger partial charge in [-0.2, -0.15) is 0 Å². The van der Waals surface area contributed by atoms with Gasteiger partial charge in [-0.1, -0.05) is 23.7 Å². The maximum Gasteiger partial charge on any atom is 0.284 e. The smallest absolute Gasteiger partial charge is 0.284 e. The second-order valence-corrected chi connectivity index (χ2v) is 8.13. The Kier molecular flexibility index (Phi) is 7.19. The molecule has 2 aromatic carbocycles. The van der Waals surface area contributed by atoms with Crippen LogP contribution < -0.4 is 10.1 Å². The Morgan fingerprint density at radius 2 is 2.00 bits per heavy atom. The fraction of sp³-hybridized carbons (Fsp3) is 0.375. The quantitative estimate of drug-likeness (QED) is 0.271. The molecule has 8 heteroatoms. The highest BCUT2D eigenvalue weighted by Crippen LogP contribution is 2.39. The Bertz CT molecular complexity index is 1070. The summed E-state index contributed by atoms with van der Waals surface area (Å²) in [6.45, 7) is 3.22. The van der Waals surface area contributed by atoms with Gasteiger partial charge in [0.15, 0.2) is 0 Å². The highest BCUT2D eigenvalue weighted by atomic mass is 35.5. The summed E-state index contributed by atoms with van der Waals surface area (Å²) in [7, 11) is 3.44. The van der Waals surface area contributed by atoms with Gasteiger partial charge < -0.3 is 29.4 Å². The number of hydrogen-bond acceptors (Lipinski definition) is 5. The number of methoxy groups -OCH3 is 1. The molecule has 170 valence electrons. The monoisotopic (exact) mass is 456 g/mol. The molecule has 0 aliphatic carbocycles. The third-order valence-corrected chi connectivity index (χ3v) is 5.97. The Hall–Kier alpha value is -2.74. The first kappa shape index (κ1) is 22.5. The number of aromatic nitrogens is 1. The minimum absolute atomic E-state index is 0.149. The first-order valence-electron chi connectivity index (χ1n) is 10.8. The van der Waals surface area contributed by atoms with Crippen molar-refractivity contribution in [3.05, 3.63) is 64.3 Å². The number of aromatic amines is 1. The van der Waals surface area contributed by atoms with Crippen LogP contribution in [0.15, 0.2) is 42.5 Å². The van der Waals surface area contributed by atoms with Crippen LogP contribution >= 0.6 is 11.6 Å². The Balaban J connectivity index is 1.57. The zero-order chi connectivity index (χ0) is 22.5. The zero-order valence-electron chi connectivity index (χ0n) is 18.4. The van der Waals surface area contributed by atoms with Crippen LogP contribution in [-0.4, -0.2) is 63.0 Å². The van der Waals surface area contributed by atoms with E-state index in [-0.39, 0.29) is 12.1 Å². The molecule has 0 spiro atoms. The van der Waals surface area contributed by atoms with E-state index in [1.807, 2.05) is 54.4 Å². The van der Waals surface area contributed by atoms with Crippen LogP contribution in [0.25, 0.3) is 10.9 Å². The van der Waals surface area contributed by atoms with Gasteiger partial charge in [-0.15, -0.1) is 0 Å². The van der Waals surface area contributed by atoms with Crippen molar-refractivity contribution >= 4 is 28.5 Å². The minimum atomic E-state index is -0.156. The van der Waals surface area contributed by atoms with Gasteiger partial charge in [0.25, 0.3) is 6.02 Å². The van der Waals surface area contributed by atoms with Crippen LogP contribution in [0.2, 0.25) is 5.02 Å². The van der Waals surface area contributed by atoms with Crippen LogP contribution in [0.3, 0.4) is 0 Å². The van der Waals surface area contributed by atoms with Crippen molar-refractivity contribution in [3.63, 3.8) is 0 Å². The predicted octanol–water partition coefficient (Wildman–Crippen LogP) is 3.96. The van der Waals surface area contributed by atoms with E-state index >= 15 is 0 Å². The average Bonchev–Trinajstić information content (AvgIpc) is 3.18. The molecule has 0 radical (unpaired) electrons. The maximum absolute atomic E-state index is 8.35. The van der Waals surface area contributed by atoms with Crippen molar-refractivity contribution < 1.29 is 14.2 Å². The Labute approximate surface area is 193 Å². The number of amidine groups is 1. The molecule has 4 rings (SSSR count). The largest absolute Gasteiger partial charge is 0.491 e. The van der Waals surface area contributed by atoms with E-state index < -0.39 is 0 Å². The molecule has 0 saturated heterocycles. The average molecular weight is 457 g/mol. The molecular weight excluding hydrogens is 428 g/mol. The molecule has 1 unspecified atom stereocenters. The van der Waals surface area contributed by atoms with Crippen molar-refractivity contribution in [3.8, 4) is 5.75 Å². The summed E-state index contributed by atoms with van der Waals surface area (Å²) < 4.78 is 16.6. The molecule has 1 aromatic heterocycles. The molecule has 0 amide bonds. The number of nitrogens with zero attached hydrogens (tertiary/aromatic N) is 1. The first-order chi connectivity index (χ1) is 15.6. The van der Waals surface area contributed by atoms with E-state index in [0.717, 1.165) is 45.9 Å². The number of likely N-dealkylation sites (N-methyl/N-ethyl adjacent to an activating group) is 1. The summed E-state index contributed by atoms with van der Waals surface area (Å²) in [6.07, 6.45) is 0.812. The summed E-state index contributed by atoms with van der Waals surface area (Å²) >= 11 is 6.26. The maximum atomic E-state index is 8.35. The van der Waals surface area contributed by atoms with Gasteiger partial charge in [0, 0.05) is 34.7 Å². The van der Waals surface area contributed by atoms with Crippen LogP contribution in [0, 0.1) is 5.41 Å². The van der Waals surface area contributed by atoms with Gasteiger partial charge in [-0.25, -0.2) is 0 Å². The zero-order valence-corrected chi connectivity index (χ0v) is 19.2. The predicted molar refractivity (Wildman–Crippen MR) is 127 cm³/mol. The summed E-state index contributed by atoms with van der Waals surface area (Å²) in [5.41, 5.74) is 4.42. The minimum Gasteiger partial charge on any atom is -0.491 e. The number of hydrogen-bond donors (Lipinski definition) is 3. The molecule has 2 heterocycles. The second-order valence-electron chi connectivity index (χ2n) is 7.70. The van der Waals surface area contributed by atoms with Crippen molar-refractivity contribution in [1.29, 1.82) is 5.41 Å². The molecule has 1 aliphatic rings. The number of ether oxygens (including phenoxy) is 3. The van der Waals surface area contributed by atoms with Gasteiger partial charge >= 0.3 is 0 Å². The van der Waals surface area contributed by atoms with Gasteiger partial charge in [0.05, 0.1) is 26.4 Å². The van der Waals surface area contributed by atoms with Crippen LogP contribution in [0.5, 0.6) is 5.75 Å². The summed E-state index contributed by atoms with van der Waals surface area (Å²) in [6, 6.07) is 13.9. The Morgan fingerprint density at radius 3 is 2.75 bits per heavy atom. The normalized spacial score (nSPS) is 15.6. The second kappa shape index (κ2) is 10.3. The summed E-state index contributed by atoms with van der Waals surface area (Å²) in [4.78, 5) is 5.55. The number of fused-ring (bicyclic) bond motifs is 3. The lowest BCUT2D eigenvalue weighted by molar-refractivity contribution is 0.103. The lowest BCUT2D eigenvalue weighted by Crippen LogP contribution is -2.40. The van der Waals surface area contributed by atoms with E-state index in [4.69, 9.17) is 31.2 Å². The van der Waals surface area contributed by atoms with Crippen LogP contribution in [0.1, 0.15) is 22.9 Å². The first-order valence-corrected chi connectivity index (χ1v) is 11.1. The van der Waals surface area contributed by atoms with E-state index in [2.05, 4.69) is 10.3 Å². The number of halogens is 1. The SMILES string of the molecule is CNCCOCCOc1ccc(C2c3[nH]c4ccc(Cl)cc4c3CCN2C(=N)OC)cc1. The summed E-state index contributed by atoms with van der Waals surface area (Å²) in [5, 5.41) is 13.3. The fourth-order valence-electron chi connectivity index (χ4n) is 4.18. The lowest BCUT2D eigenvalue weighted by atomic mass is 9.92. The highest BCUT2D eigenvalue weighted by molar-refractivity contribution is 6.31. The molecule has 7 nitrogen and oxygen atoms in total. The standard InChI is InChI=1S/C24H29ClN4O3/c1-27-10-12-31-13-14-32-18-6-3-16(4-7-18)23-22-19(9-11-29(23)24(26)30-2)20-15-17(25)5-8-21(20)28-22/h3-8,15,23,26-28H,9-14H2,1-2H3. The third kappa shape index (κ3) is 4.70. The van der Waals surface area contributed by atoms with Gasteiger partial charge in [0.1, 0.15) is 12.4 Å². The molecule has 0 bridgehead atoms. The van der Waals surface area contributed by atoms with Crippen LogP contribution in [0.4, 0.5) is 0 Å².